The number of benzene rings is 9. The van der Waals surface area contributed by atoms with Gasteiger partial charge in [-0.2, -0.15) is 0 Å². The fraction of sp³-hybridized carbons (Fsp3) is 0.0204. The van der Waals surface area contributed by atoms with E-state index < -0.39 is 286 Å². The normalized spacial score (nSPS) is 22.0. The Morgan fingerprint density at radius 3 is 1.22 bits per heavy atom. The van der Waals surface area contributed by atoms with Gasteiger partial charge in [0.25, 0.3) is 0 Å². The van der Waals surface area contributed by atoms with Crippen molar-refractivity contribution in [3.8, 4) is 44.5 Å². The van der Waals surface area contributed by atoms with Gasteiger partial charge in [0, 0.05) is 0 Å². The summed E-state index contributed by atoms with van der Waals surface area (Å²) < 4.78 is 274. The highest BCUT2D eigenvalue weighted by molar-refractivity contribution is 6.25. The molecule has 0 fully saturated rings. The van der Waals surface area contributed by atoms with Gasteiger partial charge in [0.15, 0.2) is 0 Å². The van der Waals surface area contributed by atoms with Gasteiger partial charge in [-0.1, -0.05) is 163 Å². The van der Waals surface area contributed by atoms with Crippen LogP contribution in [0.25, 0.3) is 76.8 Å². The summed E-state index contributed by atoms with van der Waals surface area (Å²) in [5.74, 6) is 0. The number of hydrogen-bond donors (Lipinski definition) is 0. The first-order valence-corrected chi connectivity index (χ1v) is 14.8. The zero-order valence-electron chi connectivity index (χ0n) is 54.5. The van der Waals surface area contributed by atoms with E-state index in [9.17, 15) is 17.8 Å². The third-order valence-corrected chi connectivity index (χ3v) is 8.94. The average molecular weight is 649 g/mol. The van der Waals surface area contributed by atoms with Crippen molar-refractivity contribution in [1.82, 2.24) is 0 Å². The van der Waals surface area contributed by atoms with Gasteiger partial charge in [-0.25, -0.2) is 0 Å². The van der Waals surface area contributed by atoms with Gasteiger partial charge in [0.2, 0.25) is 0 Å². The van der Waals surface area contributed by atoms with E-state index in [-0.39, 0.29) is 0 Å². The van der Waals surface area contributed by atoms with Crippen LogP contribution >= 0.6 is 0 Å². The van der Waals surface area contributed by atoms with Gasteiger partial charge in [-0.3, -0.25) is 0 Å². The van der Waals surface area contributed by atoms with E-state index in [4.69, 9.17) is 23.3 Å². The predicted molar refractivity (Wildman–Crippen MR) is 206 cm³/mol. The molecule has 2 aliphatic carbocycles. The summed E-state index contributed by atoms with van der Waals surface area (Å²) in [7, 11) is 0. The molecule has 0 atom stereocenters. The molecule has 0 nitrogen and oxygen atoms in total. The van der Waals surface area contributed by atoms with Crippen molar-refractivity contribution in [1.29, 1.82) is 0 Å². The standard InChI is InChI=1S/C49H30/c1-2-16-37-35(14-1)36-15-3-4-17-38(36)43-29-33(24-26-39(37)43)31-12-11-13-32(28-31)34-25-27-48-44(30-34)42-20-7-10-23-47(42)49(48)45-21-8-5-18-40(45)41-19-6-9-22-46(41)49/h1-30H/i1D,2D,3D,4D,5D,6D,7D,8D,9D,10D,11D,12D,13D,14D,15D,16D,17D,18D,19D,20D,21D,22D,23D,24D,25D,26D,27D,28D,29D,30D. The van der Waals surface area contributed by atoms with Crippen LogP contribution in [-0.4, -0.2) is 0 Å². The summed E-state index contributed by atoms with van der Waals surface area (Å²) in [4.78, 5) is 0. The minimum atomic E-state index is -2.77. The lowest BCUT2D eigenvalue weighted by molar-refractivity contribution is 0.794. The van der Waals surface area contributed by atoms with Gasteiger partial charge in [-0.05, 0) is 117 Å². The van der Waals surface area contributed by atoms with Crippen LogP contribution in [-0.2, 0) is 5.41 Å². The SMILES string of the molecule is [2H]c1c([2H])c(-c2c([2H])c([2H])c3c(c2[2H])-c2c([2H])c([2H])c([2H])c([2H])c2C32c3c([2H])c([2H])c([2H])c([2H])c3-c3c([2H])c([2H])c([2H])c([2H])c32)c([2H])c(-c2c([2H])c([2H])c3c4c([2H])c([2H])c([2H])c([2H])c4c4c([2H])c([2H])c([2H])c([2H])c4c3c2[2H])c1[2H]. The van der Waals surface area contributed by atoms with Crippen LogP contribution < -0.4 is 0 Å². The van der Waals surface area contributed by atoms with Crippen molar-refractivity contribution in [2.45, 2.75) is 5.41 Å². The highest BCUT2D eigenvalue weighted by Gasteiger charge is 2.51. The predicted octanol–water partition coefficient (Wildman–Crippen LogP) is 12.8. The second kappa shape index (κ2) is 9.89. The molecular weight excluding hydrogens is 589 g/mol. The lowest BCUT2D eigenvalue weighted by Gasteiger charge is -2.30. The number of rotatable bonds is 2. The number of fused-ring (bicyclic) bond motifs is 16. The van der Waals surface area contributed by atoms with Crippen molar-refractivity contribution < 1.29 is 41.1 Å². The topological polar surface area (TPSA) is 0 Å². The Morgan fingerprint density at radius 2 is 0.653 bits per heavy atom. The summed E-state index contributed by atoms with van der Waals surface area (Å²) >= 11 is 0. The molecule has 0 amide bonds. The van der Waals surface area contributed by atoms with Crippen LogP contribution in [0.5, 0.6) is 0 Å². The van der Waals surface area contributed by atoms with Crippen LogP contribution in [0, 0.1) is 0 Å². The minimum Gasteiger partial charge on any atom is -0.0619 e. The Kier molecular flexibility index (Phi) is 2.20. The molecule has 0 heterocycles. The maximum absolute atomic E-state index is 10.1. The van der Waals surface area contributed by atoms with Gasteiger partial charge >= 0.3 is 0 Å². The summed E-state index contributed by atoms with van der Waals surface area (Å²) in [6, 6.07) is -28.3. The molecule has 0 saturated carbocycles. The number of hydrogen-bond acceptors (Lipinski definition) is 0. The van der Waals surface area contributed by atoms with Crippen molar-refractivity contribution in [2.24, 2.45) is 0 Å². The molecule has 0 aromatic heterocycles. The lowest BCUT2D eigenvalue weighted by Crippen LogP contribution is -2.25. The molecule has 0 heteroatoms. The Morgan fingerprint density at radius 1 is 0.265 bits per heavy atom. The molecule has 2 aliphatic rings. The van der Waals surface area contributed by atoms with Crippen LogP contribution in [0.2, 0.25) is 0 Å². The zero-order valence-corrected chi connectivity index (χ0v) is 24.5. The van der Waals surface area contributed by atoms with Crippen molar-refractivity contribution in [2.75, 3.05) is 0 Å². The lowest BCUT2D eigenvalue weighted by atomic mass is 9.70. The molecule has 9 aromatic rings. The summed E-state index contributed by atoms with van der Waals surface area (Å²) in [6.45, 7) is 0. The van der Waals surface area contributed by atoms with Crippen LogP contribution in [0.15, 0.2) is 181 Å². The fourth-order valence-corrected chi connectivity index (χ4v) is 6.97. The van der Waals surface area contributed by atoms with Gasteiger partial charge < -0.3 is 0 Å². The molecular formula is C49H30. The zero-order chi connectivity index (χ0) is 58.2. The highest BCUT2D eigenvalue weighted by Crippen LogP contribution is 2.62. The quantitative estimate of drug-likeness (QED) is 0.164. The molecule has 49 heavy (non-hydrogen) atoms. The van der Waals surface area contributed by atoms with Crippen LogP contribution in [0.1, 0.15) is 63.4 Å². The molecule has 0 N–H and O–H groups in total. The van der Waals surface area contributed by atoms with Crippen LogP contribution in [0.4, 0.5) is 0 Å². The first-order valence-electron chi connectivity index (χ1n) is 29.8. The van der Waals surface area contributed by atoms with E-state index in [1.54, 1.807) is 0 Å². The molecule has 9 aromatic carbocycles. The van der Waals surface area contributed by atoms with Crippen molar-refractivity contribution >= 4 is 32.3 Å². The van der Waals surface area contributed by atoms with Crippen LogP contribution in [0.3, 0.4) is 0 Å². The Hall–Kier alpha value is -6.24. The summed E-state index contributed by atoms with van der Waals surface area (Å²) in [5.41, 5.74) is -11.4. The maximum Gasteiger partial charge on any atom is 0.0725 e. The molecule has 0 unspecified atom stereocenters. The molecule has 11 rings (SSSR count). The molecule has 0 aliphatic heterocycles. The minimum absolute atomic E-state index is 0.482. The molecule has 0 saturated heterocycles. The molecule has 226 valence electrons. The van der Waals surface area contributed by atoms with Crippen molar-refractivity contribution in [3.63, 3.8) is 0 Å². The Labute approximate surface area is 327 Å². The first-order chi connectivity index (χ1) is 36.8. The van der Waals surface area contributed by atoms with E-state index in [1.165, 1.54) is 0 Å². The Bertz CT molecular complexity index is 4430. The fourth-order valence-electron chi connectivity index (χ4n) is 6.97. The molecule has 0 radical (unpaired) electrons. The van der Waals surface area contributed by atoms with Gasteiger partial charge in [0.05, 0.1) is 46.5 Å². The second-order valence-corrected chi connectivity index (χ2v) is 11.2. The van der Waals surface area contributed by atoms with E-state index in [0.29, 0.717) is 0 Å². The first kappa shape index (κ1) is 10.9. The van der Waals surface area contributed by atoms with E-state index in [2.05, 4.69) is 0 Å². The van der Waals surface area contributed by atoms with E-state index in [0.717, 1.165) is 0 Å². The van der Waals surface area contributed by atoms with E-state index >= 15 is 0 Å². The van der Waals surface area contributed by atoms with E-state index in [1.807, 2.05) is 0 Å². The summed E-state index contributed by atoms with van der Waals surface area (Å²) in [5, 5.41) is -3.28. The summed E-state index contributed by atoms with van der Waals surface area (Å²) in [6.07, 6.45) is 0. The maximum atomic E-state index is 10.1. The smallest absolute Gasteiger partial charge is 0.0619 e. The Balaban J connectivity index is 1.34. The third kappa shape index (κ3) is 3.53. The monoisotopic (exact) mass is 648 g/mol. The second-order valence-electron chi connectivity index (χ2n) is 11.2. The van der Waals surface area contributed by atoms with Gasteiger partial charge in [-0.15, -0.1) is 0 Å². The largest absolute Gasteiger partial charge is 0.0725 e. The molecule has 1 spiro atoms. The molecule has 0 bridgehead atoms. The average Bonchev–Trinajstić information content (AvgIpc) is 1.83. The highest BCUT2D eigenvalue weighted by atomic mass is 14.5. The van der Waals surface area contributed by atoms with Crippen molar-refractivity contribution in [3.05, 3.63) is 204 Å². The third-order valence-electron chi connectivity index (χ3n) is 8.94. The van der Waals surface area contributed by atoms with Gasteiger partial charge in [0.1, 0.15) is 0 Å².